The second-order valence-electron chi connectivity index (χ2n) is 3.66. The minimum absolute atomic E-state index is 0.0346. The molecule has 0 aliphatic heterocycles. The van der Waals surface area contributed by atoms with E-state index in [1.165, 1.54) is 14.0 Å². The van der Waals surface area contributed by atoms with Crippen LogP contribution in [-0.2, 0) is 4.79 Å². The molecule has 7 nitrogen and oxygen atoms in total. The first-order chi connectivity index (χ1) is 9.13. The van der Waals surface area contributed by atoms with Gasteiger partial charge in [-0.15, -0.1) is 5.10 Å². The molecule has 0 atom stereocenters. The molecule has 0 aliphatic rings. The highest BCUT2D eigenvalue weighted by Gasteiger charge is 2.15. The summed E-state index contributed by atoms with van der Waals surface area (Å²) in [4.78, 5) is 10.9. The molecule has 0 fully saturated rings. The molecule has 2 rings (SSSR count). The molecule has 0 bridgehead atoms. The number of anilines is 1. The third kappa shape index (κ3) is 2.82. The number of methoxy groups -OCH3 is 2. The van der Waals surface area contributed by atoms with Gasteiger partial charge in [0.2, 0.25) is 5.91 Å². The standard InChI is InChI=1S/C12H13N3O4/c1-7(16)13-12-15-14-11(19-12)9-6-8(17-2)4-5-10(9)18-3/h4-6H,1-3H3,(H,13,15,16). The van der Waals surface area contributed by atoms with Gasteiger partial charge in [0.05, 0.1) is 19.8 Å². The molecule has 0 aliphatic carbocycles. The van der Waals surface area contributed by atoms with E-state index in [0.29, 0.717) is 17.1 Å². The molecule has 1 aromatic carbocycles. The lowest BCUT2D eigenvalue weighted by Gasteiger charge is -2.07. The van der Waals surface area contributed by atoms with Crippen molar-refractivity contribution in [2.75, 3.05) is 19.5 Å². The van der Waals surface area contributed by atoms with Crippen molar-refractivity contribution in [1.29, 1.82) is 0 Å². The van der Waals surface area contributed by atoms with Gasteiger partial charge in [0.15, 0.2) is 0 Å². The average molecular weight is 263 g/mol. The van der Waals surface area contributed by atoms with Crippen molar-refractivity contribution in [3.8, 4) is 23.0 Å². The van der Waals surface area contributed by atoms with E-state index >= 15 is 0 Å². The van der Waals surface area contributed by atoms with Crippen LogP contribution in [0.2, 0.25) is 0 Å². The Bertz CT molecular complexity index is 594. The molecule has 0 spiro atoms. The minimum atomic E-state index is -0.284. The molecular formula is C12H13N3O4. The molecule has 1 amide bonds. The Hall–Kier alpha value is -2.57. The Kier molecular flexibility index (Phi) is 3.65. The second kappa shape index (κ2) is 5.38. The fraction of sp³-hybridized carbons (Fsp3) is 0.250. The predicted molar refractivity (Wildman–Crippen MR) is 67.1 cm³/mol. The lowest BCUT2D eigenvalue weighted by atomic mass is 10.2. The van der Waals surface area contributed by atoms with Crippen LogP contribution in [0.5, 0.6) is 11.5 Å². The van der Waals surface area contributed by atoms with Gasteiger partial charge in [0, 0.05) is 6.92 Å². The Morgan fingerprint density at radius 3 is 2.68 bits per heavy atom. The summed E-state index contributed by atoms with van der Waals surface area (Å²) in [5.74, 6) is 1.15. The van der Waals surface area contributed by atoms with Crippen molar-refractivity contribution >= 4 is 11.9 Å². The van der Waals surface area contributed by atoms with Crippen molar-refractivity contribution < 1.29 is 18.7 Å². The second-order valence-corrected chi connectivity index (χ2v) is 3.66. The highest BCUT2D eigenvalue weighted by molar-refractivity contribution is 5.86. The zero-order chi connectivity index (χ0) is 13.8. The molecule has 1 N–H and O–H groups in total. The molecule has 1 aromatic heterocycles. The predicted octanol–water partition coefficient (Wildman–Crippen LogP) is 1.71. The van der Waals surface area contributed by atoms with Crippen LogP contribution in [0.15, 0.2) is 22.6 Å². The summed E-state index contributed by atoms with van der Waals surface area (Å²) in [7, 11) is 3.10. The Morgan fingerprint density at radius 1 is 1.26 bits per heavy atom. The maximum atomic E-state index is 10.9. The third-order valence-electron chi connectivity index (χ3n) is 2.35. The Labute approximate surface area is 109 Å². The number of ether oxygens (including phenoxy) is 2. The van der Waals surface area contributed by atoms with Crippen LogP contribution in [0.1, 0.15) is 6.92 Å². The van der Waals surface area contributed by atoms with E-state index in [1.807, 2.05) is 0 Å². The highest BCUT2D eigenvalue weighted by atomic mass is 16.5. The molecule has 0 unspecified atom stereocenters. The molecule has 0 radical (unpaired) electrons. The van der Waals surface area contributed by atoms with E-state index in [-0.39, 0.29) is 17.8 Å². The summed E-state index contributed by atoms with van der Waals surface area (Å²) in [5.41, 5.74) is 0.589. The van der Waals surface area contributed by atoms with Crippen molar-refractivity contribution in [3.63, 3.8) is 0 Å². The largest absolute Gasteiger partial charge is 0.497 e. The van der Waals surface area contributed by atoms with Crippen LogP contribution in [0.25, 0.3) is 11.5 Å². The van der Waals surface area contributed by atoms with E-state index in [4.69, 9.17) is 13.9 Å². The molecule has 1 heterocycles. The molecule has 0 saturated carbocycles. The van der Waals surface area contributed by atoms with E-state index in [0.717, 1.165) is 0 Å². The number of benzene rings is 1. The maximum Gasteiger partial charge on any atom is 0.322 e. The topological polar surface area (TPSA) is 86.5 Å². The number of hydrogen-bond donors (Lipinski definition) is 1. The average Bonchev–Trinajstić information content (AvgIpc) is 2.85. The summed E-state index contributed by atoms with van der Waals surface area (Å²) in [6, 6.07) is 5.24. The molecule has 19 heavy (non-hydrogen) atoms. The molecule has 7 heteroatoms. The molecular weight excluding hydrogens is 250 g/mol. The van der Waals surface area contributed by atoms with Crippen LogP contribution >= 0.6 is 0 Å². The highest BCUT2D eigenvalue weighted by Crippen LogP contribution is 2.33. The van der Waals surface area contributed by atoms with Crippen LogP contribution in [-0.4, -0.2) is 30.3 Å². The summed E-state index contributed by atoms with van der Waals surface area (Å²) in [6.45, 7) is 1.36. The van der Waals surface area contributed by atoms with Crippen LogP contribution in [0.3, 0.4) is 0 Å². The van der Waals surface area contributed by atoms with E-state index in [1.54, 1.807) is 25.3 Å². The van der Waals surface area contributed by atoms with E-state index in [9.17, 15) is 4.79 Å². The van der Waals surface area contributed by atoms with Gasteiger partial charge < -0.3 is 13.9 Å². The van der Waals surface area contributed by atoms with Crippen LogP contribution in [0, 0.1) is 0 Å². The SMILES string of the molecule is COc1ccc(OC)c(-c2nnc(NC(C)=O)o2)c1. The smallest absolute Gasteiger partial charge is 0.322 e. The van der Waals surface area contributed by atoms with Gasteiger partial charge in [-0.1, -0.05) is 5.10 Å². The van der Waals surface area contributed by atoms with Gasteiger partial charge in [-0.25, -0.2) is 0 Å². The first-order valence-corrected chi connectivity index (χ1v) is 5.47. The van der Waals surface area contributed by atoms with Gasteiger partial charge in [0.1, 0.15) is 11.5 Å². The number of rotatable bonds is 4. The van der Waals surface area contributed by atoms with Crippen LogP contribution < -0.4 is 14.8 Å². The zero-order valence-electron chi connectivity index (χ0n) is 10.8. The summed E-state index contributed by atoms with van der Waals surface area (Å²) in [6.07, 6.45) is 0. The molecule has 0 saturated heterocycles. The first kappa shape index (κ1) is 12.9. The summed E-state index contributed by atoms with van der Waals surface area (Å²) >= 11 is 0. The number of nitrogens with one attached hydrogen (secondary N) is 1. The lowest BCUT2D eigenvalue weighted by Crippen LogP contribution is -2.05. The van der Waals surface area contributed by atoms with Gasteiger partial charge >= 0.3 is 6.01 Å². The monoisotopic (exact) mass is 263 g/mol. The summed E-state index contributed by atoms with van der Waals surface area (Å²) < 4.78 is 15.7. The Balaban J connectivity index is 2.39. The number of aromatic nitrogens is 2. The van der Waals surface area contributed by atoms with Crippen LogP contribution in [0.4, 0.5) is 6.01 Å². The Morgan fingerprint density at radius 2 is 2.05 bits per heavy atom. The third-order valence-corrected chi connectivity index (χ3v) is 2.35. The number of amides is 1. The quantitative estimate of drug-likeness (QED) is 0.903. The first-order valence-electron chi connectivity index (χ1n) is 5.47. The number of carbonyl (C=O) groups is 1. The van der Waals surface area contributed by atoms with Gasteiger partial charge in [0.25, 0.3) is 5.89 Å². The van der Waals surface area contributed by atoms with Crippen molar-refractivity contribution in [2.24, 2.45) is 0 Å². The number of carbonyl (C=O) groups excluding carboxylic acids is 1. The van der Waals surface area contributed by atoms with Crippen molar-refractivity contribution in [3.05, 3.63) is 18.2 Å². The van der Waals surface area contributed by atoms with Crippen molar-refractivity contribution in [2.45, 2.75) is 6.92 Å². The lowest BCUT2D eigenvalue weighted by molar-refractivity contribution is -0.114. The zero-order valence-corrected chi connectivity index (χ0v) is 10.8. The maximum absolute atomic E-state index is 10.9. The number of nitrogens with zero attached hydrogens (tertiary/aromatic N) is 2. The number of hydrogen-bond acceptors (Lipinski definition) is 6. The minimum Gasteiger partial charge on any atom is -0.497 e. The summed E-state index contributed by atoms with van der Waals surface area (Å²) in [5, 5.41) is 9.98. The fourth-order valence-corrected chi connectivity index (χ4v) is 1.51. The molecule has 100 valence electrons. The fourth-order valence-electron chi connectivity index (χ4n) is 1.51. The van der Waals surface area contributed by atoms with Gasteiger partial charge in [-0.05, 0) is 18.2 Å². The van der Waals surface area contributed by atoms with E-state index < -0.39 is 0 Å². The van der Waals surface area contributed by atoms with Gasteiger partial charge in [-0.3, -0.25) is 10.1 Å². The van der Waals surface area contributed by atoms with Gasteiger partial charge in [-0.2, -0.15) is 0 Å². The molecule has 2 aromatic rings. The van der Waals surface area contributed by atoms with E-state index in [2.05, 4.69) is 15.5 Å². The van der Waals surface area contributed by atoms with Crippen molar-refractivity contribution in [1.82, 2.24) is 10.2 Å². The normalized spacial score (nSPS) is 10.1.